The minimum absolute atomic E-state index is 0.0435. The summed E-state index contributed by atoms with van der Waals surface area (Å²) in [6.45, 7) is 1.50. The summed E-state index contributed by atoms with van der Waals surface area (Å²) in [4.78, 5) is 39.4. The van der Waals surface area contributed by atoms with Gasteiger partial charge in [-0.2, -0.15) is 0 Å². The quantitative estimate of drug-likeness (QED) is 0.830. The molecule has 25 heavy (non-hydrogen) atoms. The monoisotopic (exact) mass is 384 g/mol. The lowest BCUT2D eigenvalue weighted by atomic mass is 10.2. The number of imide groups is 1. The van der Waals surface area contributed by atoms with E-state index in [-0.39, 0.29) is 24.4 Å². The first kappa shape index (κ1) is 18.0. The van der Waals surface area contributed by atoms with Gasteiger partial charge in [-0.1, -0.05) is 23.2 Å². The van der Waals surface area contributed by atoms with Crippen LogP contribution in [0.2, 0.25) is 10.0 Å². The van der Waals surface area contributed by atoms with Crippen molar-refractivity contribution in [2.45, 2.75) is 18.9 Å². The van der Waals surface area contributed by atoms with Crippen LogP contribution in [0.5, 0.6) is 0 Å². The fourth-order valence-corrected chi connectivity index (χ4v) is 3.66. The van der Waals surface area contributed by atoms with E-state index >= 15 is 0 Å². The van der Waals surface area contributed by atoms with Crippen LogP contribution in [0.1, 0.15) is 12.8 Å². The lowest BCUT2D eigenvalue weighted by molar-refractivity contribution is -0.130. The number of hydrogen-bond donors (Lipinski definition) is 2. The van der Waals surface area contributed by atoms with Crippen LogP contribution < -0.4 is 10.6 Å². The number of halogens is 2. The molecule has 9 heteroatoms. The Morgan fingerprint density at radius 2 is 1.92 bits per heavy atom. The van der Waals surface area contributed by atoms with E-state index in [0.717, 1.165) is 6.42 Å². The summed E-state index contributed by atoms with van der Waals surface area (Å²) in [6.07, 6.45) is 1.47. The molecular weight excluding hydrogens is 367 g/mol. The van der Waals surface area contributed by atoms with E-state index in [1.54, 1.807) is 23.1 Å². The van der Waals surface area contributed by atoms with Crippen LogP contribution in [0.15, 0.2) is 18.2 Å². The number of likely N-dealkylation sites (tertiary alicyclic amines) is 1. The van der Waals surface area contributed by atoms with Crippen molar-refractivity contribution in [2.75, 3.05) is 31.5 Å². The van der Waals surface area contributed by atoms with Crippen molar-refractivity contribution < 1.29 is 14.4 Å². The average molecular weight is 385 g/mol. The SMILES string of the molecule is O=C(Nc1cc(Cl)cc(Cl)c1)C1CCCN1CC(=O)N1CCNC1=O. The zero-order chi connectivity index (χ0) is 18.0. The Labute approximate surface area is 155 Å². The standard InChI is InChI=1S/C16H18Cl2N4O3/c17-10-6-11(18)8-12(7-10)20-15(24)13-2-1-4-21(13)9-14(23)22-5-3-19-16(22)25/h6-8,13H,1-5,9H2,(H,19,25)(H,20,24). The van der Waals surface area contributed by atoms with E-state index in [1.807, 2.05) is 0 Å². The summed E-state index contributed by atoms with van der Waals surface area (Å²) < 4.78 is 0. The van der Waals surface area contributed by atoms with Crippen LogP contribution in [-0.2, 0) is 9.59 Å². The maximum atomic E-state index is 12.6. The van der Waals surface area contributed by atoms with Gasteiger partial charge in [0.05, 0.1) is 12.6 Å². The third kappa shape index (κ3) is 4.23. The van der Waals surface area contributed by atoms with Crippen LogP contribution in [0.25, 0.3) is 0 Å². The molecule has 2 heterocycles. The van der Waals surface area contributed by atoms with E-state index in [9.17, 15) is 14.4 Å². The van der Waals surface area contributed by atoms with Crippen LogP contribution in [0.3, 0.4) is 0 Å². The molecule has 2 N–H and O–H groups in total. The minimum Gasteiger partial charge on any atom is -0.336 e. The van der Waals surface area contributed by atoms with E-state index < -0.39 is 6.04 Å². The van der Waals surface area contributed by atoms with Gasteiger partial charge in [0.2, 0.25) is 11.8 Å². The summed E-state index contributed by atoms with van der Waals surface area (Å²) in [5.41, 5.74) is 0.514. The highest BCUT2D eigenvalue weighted by atomic mass is 35.5. The molecule has 1 unspecified atom stereocenters. The van der Waals surface area contributed by atoms with Crippen molar-refractivity contribution in [3.05, 3.63) is 28.2 Å². The van der Waals surface area contributed by atoms with Gasteiger partial charge in [-0.15, -0.1) is 0 Å². The number of urea groups is 1. The van der Waals surface area contributed by atoms with Gasteiger partial charge < -0.3 is 10.6 Å². The molecular formula is C16H18Cl2N4O3. The second-order valence-electron chi connectivity index (χ2n) is 6.05. The van der Waals surface area contributed by atoms with Crippen LogP contribution in [0, 0.1) is 0 Å². The Balaban J connectivity index is 1.63. The van der Waals surface area contributed by atoms with E-state index in [1.165, 1.54) is 4.90 Å². The van der Waals surface area contributed by atoms with Crippen molar-refractivity contribution in [1.29, 1.82) is 0 Å². The van der Waals surface area contributed by atoms with Crippen molar-refractivity contribution in [3.8, 4) is 0 Å². The normalized spacial score (nSPS) is 20.6. The van der Waals surface area contributed by atoms with Crippen molar-refractivity contribution in [2.24, 2.45) is 0 Å². The molecule has 7 nitrogen and oxygen atoms in total. The maximum Gasteiger partial charge on any atom is 0.324 e. The summed E-state index contributed by atoms with van der Waals surface area (Å²) >= 11 is 11.9. The predicted molar refractivity (Wildman–Crippen MR) is 94.8 cm³/mol. The van der Waals surface area contributed by atoms with Crippen LogP contribution >= 0.6 is 23.2 Å². The summed E-state index contributed by atoms with van der Waals surface area (Å²) in [7, 11) is 0. The molecule has 1 aromatic rings. The summed E-state index contributed by atoms with van der Waals surface area (Å²) in [5.74, 6) is -0.505. The summed E-state index contributed by atoms with van der Waals surface area (Å²) in [5, 5.41) is 6.25. The highest BCUT2D eigenvalue weighted by Crippen LogP contribution is 2.24. The van der Waals surface area contributed by atoms with Gasteiger partial charge in [-0.05, 0) is 37.6 Å². The first-order valence-corrected chi connectivity index (χ1v) is 8.79. The van der Waals surface area contributed by atoms with Crippen LogP contribution in [0.4, 0.5) is 10.5 Å². The molecule has 2 saturated heterocycles. The molecule has 1 aromatic carbocycles. The zero-order valence-corrected chi connectivity index (χ0v) is 14.9. The highest BCUT2D eigenvalue weighted by molar-refractivity contribution is 6.35. The van der Waals surface area contributed by atoms with E-state index in [0.29, 0.717) is 41.8 Å². The number of benzene rings is 1. The summed E-state index contributed by atoms with van der Waals surface area (Å²) in [6, 6.07) is 4.01. The number of nitrogens with one attached hydrogen (secondary N) is 2. The molecule has 3 rings (SSSR count). The number of anilines is 1. The van der Waals surface area contributed by atoms with Gasteiger partial charge in [0.25, 0.3) is 0 Å². The Kier molecular flexibility index (Phi) is 5.46. The third-order valence-electron chi connectivity index (χ3n) is 4.29. The zero-order valence-electron chi connectivity index (χ0n) is 13.4. The Morgan fingerprint density at radius 1 is 1.20 bits per heavy atom. The molecule has 0 aliphatic carbocycles. The third-order valence-corrected chi connectivity index (χ3v) is 4.73. The number of hydrogen-bond acceptors (Lipinski definition) is 4. The number of rotatable bonds is 4. The molecule has 0 radical (unpaired) electrons. The lowest BCUT2D eigenvalue weighted by Crippen LogP contribution is -2.46. The van der Waals surface area contributed by atoms with Crippen LogP contribution in [-0.4, -0.2) is 59.9 Å². The second kappa shape index (κ2) is 7.59. The van der Waals surface area contributed by atoms with Gasteiger partial charge in [-0.3, -0.25) is 19.4 Å². The average Bonchev–Trinajstić information content (AvgIpc) is 3.14. The van der Waals surface area contributed by atoms with Gasteiger partial charge in [0.15, 0.2) is 0 Å². The molecule has 1 atom stereocenters. The lowest BCUT2D eigenvalue weighted by Gasteiger charge is -2.24. The van der Waals surface area contributed by atoms with Crippen molar-refractivity contribution in [1.82, 2.24) is 15.1 Å². The highest BCUT2D eigenvalue weighted by Gasteiger charge is 2.35. The molecule has 2 aliphatic rings. The molecule has 0 spiro atoms. The van der Waals surface area contributed by atoms with Crippen molar-refractivity contribution >= 4 is 46.7 Å². The smallest absolute Gasteiger partial charge is 0.324 e. The minimum atomic E-state index is -0.424. The van der Waals surface area contributed by atoms with Gasteiger partial charge in [0.1, 0.15) is 0 Å². The fourth-order valence-electron chi connectivity index (χ4n) is 3.13. The molecule has 0 saturated carbocycles. The first-order chi connectivity index (χ1) is 11.9. The fraction of sp³-hybridized carbons (Fsp3) is 0.438. The Bertz CT molecular complexity index is 692. The van der Waals surface area contributed by atoms with Gasteiger partial charge in [0, 0.05) is 28.8 Å². The van der Waals surface area contributed by atoms with Gasteiger partial charge >= 0.3 is 6.03 Å². The number of nitrogens with zero attached hydrogens (tertiary/aromatic N) is 2. The van der Waals surface area contributed by atoms with Gasteiger partial charge in [-0.25, -0.2) is 4.79 Å². The number of amides is 4. The molecule has 134 valence electrons. The molecule has 0 bridgehead atoms. The largest absolute Gasteiger partial charge is 0.336 e. The Hall–Kier alpha value is -1.83. The molecule has 0 aromatic heterocycles. The molecule has 2 aliphatic heterocycles. The topological polar surface area (TPSA) is 81.8 Å². The van der Waals surface area contributed by atoms with E-state index in [4.69, 9.17) is 23.2 Å². The Morgan fingerprint density at radius 3 is 2.56 bits per heavy atom. The molecule has 4 amide bonds. The second-order valence-corrected chi connectivity index (χ2v) is 6.93. The molecule has 2 fully saturated rings. The maximum absolute atomic E-state index is 12.6. The van der Waals surface area contributed by atoms with E-state index in [2.05, 4.69) is 10.6 Å². The number of carbonyl (C=O) groups is 3. The first-order valence-electron chi connectivity index (χ1n) is 8.03. The predicted octanol–water partition coefficient (Wildman–Crippen LogP) is 1.95. The van der Waals surface area contributed by atoms with Crippen molar-refractivity contribution in [3.63, 3.8) is 0 Å². The number of carbonyl (C=O) groups excluding carboxylic acids is 3.